The molecule has 2 aliphatic rings. The van der Waals surface area contributed by atoms with Crippen LogP contribution in [0.4, 0.5) is 5.69 Å². The lowest BCUT2D eigenvalue weighted by molar-refractivity contribution is -0.118. The van der Waals surface area contributed by atoms with Crippen molar-refractivity contribution in [3.05, 3.63) is 28.8 Å². The summed E-state index contributed by atoms with van der Waals surface area (Å²) in [5.41, 5.74) is 4.35. The summed E-state index contributed by atoms with van der Waals surface area (Å²) in [4.78, 5) is 26.2. The molecule has 0 saturated carbocycles. The van der Waals surface area contributed by atoms with Gasteiger partial charge in [0, 0.05) is 24.9 Å². The number of alkyl halides is 1. The molecular formula is C17H20INO2. The normalized spacial score (nSPS) is 16.2. The molecule has 0 radical (unpaired) electrons. The second-order valence-electron chi connectivity index (χ2n) is 5.86. The van der Waals surface area contributed by atoms with Crippen molar-refractivity contribution < 1.29 is 9.59 Å². The molecule has 4 heteroatoms. The zero-order valence-corrected chi connectivity index (χ0v) is 14.3. The molecule has 0 aliphatic carbocycles. The minimum Gasteiger partial charge on any atom is -0.312 e. The number of amides is 1. The van der Waals surface area contributed by atoms with Gasteiger partial charge in [-0.2, -0.15) is 0 Å². The number of carbonyl (C=O) groups is 2. The first-order chi connectivity index (χ1) is 10.2. The van der Waals surface area contributed by atoms with E-state index in [1.54, 1.807) is 0 Å². The number of Topliss-reactive ketones (excluding diaryl/α,β-unsaturated/α-hetero) is 1. The van der Waals surface area contributed by atoms with Crippen LogP contribution in [-0.2, 0) is 17.6 Å². The molecule has 3 rings (SSSR count). The molecule has 0 N–H and O–H groups in total. The van der Waals surface area contributed by atoms with Gasteiger partial charge in [-0.3, -0.25) is 9.59 Å². The zero-order chi connectivity index (χ0) is 14.8. The van der Waals surface area contributed by atoms with E-state index in [-0.39, 0.29) is 11.7 Å². The van der Waals surface area contributed by atoms with Crippen LogP contribution in [0.3, 0.4) is 0 Å². The molecule has 0 fully saturated rings. The van der Waals surface area contributed by atoms with Crippen molar-refractivity contribution >= 4 is 40.0 Å². The third-order valence-electron chi connectivity index (χ3n) is 4.41. The van der Waals surface area contributed by atoms with Gasteiger partial charge in [0.25, 0.3) is 0 Å². The highest BCUT2D eigenvalue weighted by Crippen LogP contribution is 2.37. The third-order valence-corrected chi connectivity index (χ3v) is 5.17. The van der Waals surface area contributed by atoms with Gasteiger partial charge in [0.2, 0.25) is 5.91 Å². The van der Waals surface area contributed by atoms with Crippen molar-refractivity contribution in [3.8, 4) is 0 Å². The molecule has 112 valence electrons. The molecule has 21 heavy (non-hydrogen) atoms. The predicted molar refractivity (Wildman–Crippen MR) is 92.5 cm³/mol. The van der Waals surface area contributed by atoms with Crippen LogP contribution in [-0.4, -0.2) is 22.7 Å². The fourth-order valence-corrected chi connectivity index (χ4v) is 3.86. The van der Waals surface area contributed by atoms with E-state index < -0.39 is 0 Å². The number of hydrogen-bond acceptors (Lipinski definition) is 2. The topological polar surface area (TPSA) is 37.4 Å². The van der Waals surface area contributed by atoms with Gasteiger partial charge in [-0.05, 0) is 53.4 Å². The average Bonchev–Trinajstić information content (AvgIpc) is 2.92. The monoisotopic (exact) mass is 397 g/mol. The van der Waals surface area contributed by atoms with E-state index >= 15 is 0 Å². The first-order valence-electron chi connectivity index (χ1n) is 7.76. The van der Waals surface area contributed by atoms with E-state index in [0.717, 1.165) is 43.5 Å². The quantitative estimate of drug-likeness (QED) is 0.318. The number of anilines is 1. The SMILES string of the molecule is O=C(CCCCCI)c1cc2c3c(c1)CCN3C(=O)CC2. The highest BCUT2D eigenvalue weighted by molar-refractivity contribution is 14.1. The summed E-state index contributed by atoms with van der Waals surface area (Å²) in [5.74, 6) is 0.497. The van der Waals surface area contributed by atoms with Crippen molar-refractivity contribution in [2.45, 2.75) is 44.9 Å². The fraction of sp³-hybridized carbons (Fsp3) is 0.529. The number of ketones is 1. The summed E-state index contributed by atoms with van der Waals surface area (Å²) in [6.07, 6.45) is 6.23. The minimum absolute atomic E-state index is 0.235. The van der Waals surface area contributed by atoms with Gasteiger partial charge in [0.05, 0.1) is 5.69 Å². The van der Waals surface area contributed by atoms with Gasteiger partial charge in [0.15, 0.2) is 5.78 Å². The molecule has 0 aromatic heterocycles. The summed E-state index contributed by atoms with van der Waals surface area (Å²) in [6.45, 7) is 0.786. The van der Waals surface area contributed by atoms with Crippen LogP contribution in [0, 0.1) is 0 Å². The van der Waals surface area contributed by atoms with Gasteiger partial charge < -0.3 is 4.90 Å². The fourth-order valence-electron chi connectivity index (χ4n) is 3.32. The molecule has 0 atom stereocenters. The number of aryl methyl sites for hydroxylation is 1. The maximum atomic E-state index is 12.4. The molecular weight excluding hydrogens is 377 g/mol. The number of benzene rings is 1. The van der Waals surface area contributed by atoms with Crippen LogP contribution in [0.5, 0.6) is 0 Å². The van der Waals surface area contributed by atoms with Crippen LogP contribution < -0.4 is 4.90 Å². The van der Waals surface area contributed by atoms with Crippen LogP contribution in [0.1, 0.15) is 53.6 Å². The van der Waals surface area contributed by atoms with E-state index in [1.807, 2.05) is 17.0 Å². The van der Waals surface area contributed by atoms with E-state index in [0.29, 0.717) is 12.8 Å². The van der Waals surface area contributed by atoms with Crippen molar-refractivity contribution in [2.24, 2.45) is 0 Å². The molecule has 0 spiro atoms. The maximum Gasteiger partial charge on any atom is 0.227 e. The highest BCUT2D eigenvalue weighted by atomic mass is 127. The number of nitrogens with zero attached hydrogens (tertiary/aromatic N) is 1. The van der Waals surface area contributed by atoms with Gasteiger partial charge in [-0.25, -0.2) is 0 Å². The lowest BCUT2D eigenvalue weighted by atomic mass is 9.94. The average molecular weight is 397 g/mol. The largest absolute Gasteiger partial charge is 0.312 e. The van der Waals surface area contributed by atoms with Gasteiger partial charge in [-0.1, -0.05) is 29.0 Å². The molecule has 0 saturated heterocycles. The Morgan fingerprint density at radius 1 is 1.10 bits per heavy atom. The Morgan fingerprint density at radius 2 is 1.86 bits per heavy atom. The van der Waals surface area contributed by atoms with Crippen LogP contribution in [0.25, 0.3) is 0 Å². The van der Waals surface area contributed by atoms with Crippen molar-refractivity contribution in [3.63, 3.8) is 0 Å². The van der Waals surface area contributed by atoms with Crippen LogP contribution in [0.2, 0.25) is 0 Å². The molecule has 0 bridgehead atoms. The summed E-state index contributed by atoms with van der Waals surface area (Å²) in [5, 5.41) is 0. The second kappa shape index (κ2) is 6.46. The number of carbonyl (C=O) groups excluding carboxylic acids is 2. The van der Waals surface area contributed by atoms with Crippen molar-refractivity contribution in [1.29, 1.82) is 0 Å². The van der Waals surface area contributed by atoms with Crippen LogP contribution >= 0.6 is 22.6 Å². The Hall–Kier alpha value is -0.910. The first kappa shape index (κ1) is 15.0. The molecule has 0 unspecified atom stereocenters. The van der Waals surface area contributed by atoms with E-state index in [4.69, 9.17) is 0 Å². The smallest absolute Gasteiger partial charge is 0.227 e. The number of rotatable bonds is 6. The van der Waals surface area contributed by atoms with E-state index in [1.165, 1.54) is 22.0 Å². The van der Waals surface area contributed by atoms with Crippen molar-refractivity contribution in [2.75, 3.05) is 15.9 Å². The Morgan fingerprint density at radius 3 is 2.62 bits per heavy atom. The second-order valence-corrected chi connectivity index (χ2v) is 6.94. The molecule has 1 aromatic rings. The Balaban J connectivity index is 1.77. The summed E-state index contributed by atoms with van der Waals surface area (Å²) in [7, 11) is 0. The van der Waals surface area contributed by atoms with E-state index in [9.17, 15) is 9.59 Å². The molecule has 2 heterocycles. The lowest BCUT2D eigenvalue weighted by Crippen LogP contribution is -2.32. The molecule has 1 aromatic carbocycles. The Labute approximate surface area is 139 Å². The summed E-state index contributed by atoms with van der Waals surface area (Å²) < 4.78 is 1.17. The van der Waals surface area contributed by atoms with Gasteiger partial charge >= 0.3 is 0 Å². The summed E-state index contributed by atoms with van der Waals surface area (Å²) in [6, 6.07) is 4.06. The Bertz CT molecular complexity index is 582. The molecule has 3 nitrogen and oxygen atoms in total. The lowest BCUT2D eigenvalue weighted by Gasteiger charge is -2.25. The predicted octanol–water partition coefficient (Wildman–Crippen LogP) is 3.70. The highest BCUT2D eigenvalue weighted by Gasteiger charge is 2.31. The number of hydrogen-bond donors (Lipinski definition) is 0. The van der Waals surface area contributed by atoms with Crippen molar-refractivity contribution in [1.82, 2.24) is 0 Å². The standard InChI is InChI=1S/C17H20INO2/c18-8-3-1-2-4-15(20)14-10-12-5-6-16(21)19-9-7-13(11-14)17(12)19/h10-11H,1-9H2. The van der Waals surface area contributed by atoms with Crippen LogP contribution in [0.15, 0.2) is 12.1 Å². The van der Waals surface area contributed by atoms with Gasteiger partial charge in [0.1, 0.15) is 0 Å². The zero-order valence-electron chi connectivity index (χ0n) is 12.2. The molecule has 1 amide bonds. The first-order valence-corrected chi connectivity index (χ1v) is 9.28. The number of halogens is 1. The minimum atomic E-state index is 0.235. The number of unbranched alkanes of at least 4 members (excludes halogenated alkanes) is 2. The maximum absolute atomic E-state index is 12.4. The Kier molecular flexibility index (Phi) is 4.62. The van der Waals surface area contributed by atoms with Gasteiger partial charge in [-0.15, -0.1) is 0 Å². The molecule has 2 aliphatic heterocycles. The third kappa shape index (κ3) is 3.00. The van der Waals surface area contributed by atoms with E-state index in [2.05, 4.69) is 22.6 Å². The summed E-state index contributed by atoms with van der Waals surface area (Å²) >= 11 is 2.38.